The van der Waals surface area contributed by atoms with Gasteiger partial charge in [0.25, 0.3) is 0 Å². The monoisotopic (exact) mass is 252 g/mol. The molecule has 4 rings (SSSR count). The Morgan fingerprint density at radius 2 is 2.26 bits per heavy atom. The van der Waals surface area contributed by atoms with E-state index in [2.05, 4.69) is 19.9 Å². The predicted octanol–water partition coefficient (Wildman–Crippen LogP) is 2.64. The van der Waals surface area contributed by atoms with Gasteiger partial charge in [-0.15, -0.1) is 0 Å². The number of rotatable bonds is 2. The molecule has 5 nitrogen and oxygen atoms in total. The number of aromatic hydroxyl groups is 1. The second kappa shape index (κ2) is 3.78. The highest BCUT2D eigenvalue weighted by Gasteiger charge is 2.28. The molecule has 1 fully saturated rings. The van der Waals surface area contributed by atoms with Crippen LogP contribution in [0.2, 0.25) is 0 Å². The minimum absolute atomic E-state index is 0.0557. The molecule has 0 saturated heterocycles. The number of allylic oxidation sites excluding steroid dienone is 1. The number of imidazole rings is 1. The molecule has 0 atom stereocenters. The molecule has 1 aliphatic heterocycles. The van der Waals surface area contributed by atoms with Gasteiger partial charge < -0.3 is 10.1 Å². The maximum atomic E-state index is 9.87. The first-order chi connectivity index (χ1) is 9.31. The van der Waals surface area contributed by atoms with E-state index in [0.717, 1.165) is 35.6 Å². The summed E-state index contributed by atoms with van der Waals surface area (Å²) in [6.07, 6.45) is 7.65. The average Bonchev–Trinajstić information content (AvgIpc) is 3.11. The van der Waals surface area contributed by atoms with E-state index in [-0.39, 0.29) is 5.88 Å². The molecule has 1 saturated carbocycles. The van der Waals surface area contributed by atoms with Crippen molar-refractivity contribution in [2.75, 3.05) is 0 Å². The van der Waals surface area contributed by atoms with Gasteiger partial charge in [-0.25, -0.2) is 9.98 Å². The van der Waals surface area contributed by atoms with Crippen molar-refractivity contribution in [2.24, 2.45) is 4.99 Å². The van der Waals surface area contributed by atoms with Crippen LogP contribution in [-0.4, -0.2) is 26.3 Å². The molecule has 0 radical (unpaired) electrons. The number of aliphatic imine (C=N–C) groups is 1. The summed E-state index contributed by atoms with van der Waals surface area (Å²) in [6.45, 7) is 0. The summed E-state index contributed by atoms with van der Waals surface area (Å²) in [7, 11) is 0. The second-order valence-electron chi connectivity index (χ2n) is 4.87. The highest BCUT2D eigenvalue weighted by molar-refractivity contribution is 6.20. The summed E-state index contributed by atoms with van der Waals surface area (Å²) in [5.41, 5.74) is 2.55. The van der Waals surface area contributed by atoms with Crippen molar-refractivity contribution in [1.82, 2.24) is 15.0 Å². The number of aromatic nitrogens is 3. The average molecular weight is 252 g/mol. The maximum Gasteiger partial charge on any atom is 0.237 e. The third kappa shape index (κ3) is 1.74. The van der Waals surface area contributed by atoms with E-state index < -0.39 is 0 Å². The van der Waals surface area contributed by atoms with Gasteiger partial charge in [-0.1, -0.05) is 0 Å². The van der Waals surface area contributed by atoms with Crippen molar-refractivity contribution >= 4 is 23.7 Å². The van der Waals surface area contributed by atoms with E-state index in [4.69, 9.17) is 0 Å². The first-order valence-electron chi connectivity index (χ1n) is 6.31. The quantitative estimate of drug-likeness (QED) is 0.862. The topological polar surface area (TPSA) is 74.2 Å². The van der Waals surface area contributed by atoms with Crippen LogP contribution in [0.3, 0.4) is 0 Å². The van der Waals surface area contributed by atoms with Crippen LogP contribution in [0.4, 0.5) is 5.82 Å². The second-order valence-corrected chi connectivity index (χ2v) is 4.87. The lowest BCUT2D eigenvalue weighted by Crippen LogP contribution is -1.83. The van der Waals surface area contributed by atoms with Crippen molar-refractivity contribution in [3.63, 3.8) is 0 Å². The maximum absolute atomic E-state index is 9.87. The number of H-pyrrole nitrogens is 1. The van der Waals surface area contributed by atoms with Gasteiger partial charge in [-0.05, 0) is 31.1 Å². The fourth-order valence-electron chi connectivity index (χ4n) is 2.24. The number of fused-ring (bicyclic) bond motifs is 1. The Kier molecular flexibility index (Phi) is 2.09. The minimum atomic E-state index is 0.0557. The van der Waals surface area contributed by atoms with Crippen LogP contribution in [0.1, 0.15) is 35.8 Å². The number of pyridine rings is 1. The molecule has 2 N–H and O–H groups in total. The highest BCUT2D eigenvalue weighted by atomic mass is 16.3. The number of hydrogen-bond donors (Lipinski definition) is 2. The summed E-state index contributed by atoms with van der Waals surface area (Å²) in [5.74, 6) is 2.14. The van der Waals surface area contributed by atoms with E-state index >= 15 is 0 Å². The third-order valence-electron chi connectivity index (χ3n) is 3.42. The van der Waals surface area contributed by atoms with Crippen molar-refractivity contribution in [2.45, 2.75) is 18.8 Å². The molecule has 5 heteroatoms. The zero-order valence-corrected chi connectivity index (χ0v) is 10.2. The van der Waals surface area contributed by atoms with Crippen LogP contribution in [-0.2, 0) is 0 Å². The van der Waals surface area contributed by atoms with Gasteiger partial charge in [0.2, 0.25) is 5.88 Å². The summed E-state index contributed by atoms with van der Waals surface area (Å²) < 4.78 is 0. The molecule has 0 amide bonds. The van der Waals surface area contributed by atoms with Crippen LogP contribution in [0.5, 0.6) is 5.88 Å². The number of nitrogens with zero attached hydrogens (tertiary/aromatic N) is 3. The van der Waals surface area contributed by atoms with Gasteiger partial charge in [0.05, 0.1) is 0 Å². The molecule has 0 bridgehead atoms. The lowest BCUT2D eigenvalue weighted by Gasteiger charge is -1.97. The van der Waals surface area contributed by atoms with E-state index in [0.29, 0.717) is 11.6 Å². The molecule has 0 aromatic carbocycles. The highest BCUT2D eigenvalue weighted by Crippen LogP contribution is 2.40. The van der Waals surface area contributed by atoms with Crippen molar-refractivity contribution in [1.29, 1.82) is 0 Å². The molecule has 94 valence electrons. The molecule has 2 aromatic heterocycles. The van der Waals surface area contributed by atoms with Gasteiger partial charge in [0.1, 0.15) is 11.5 Å². The Hall–Kier alpha value is -2.43. The lowest BCUT2D eigenvalue weighted by molar-refractivity contribution is 0.454. The Balaban J connectivity index is 1.75. The standard InChI is InChI=1S/C14H12N4O/c19-14-11(17-12(18-14)8-3-4-8)6-9-7-16-13-10(9)2-1-5-15-13/h1-2,5-8,19H,3-4H2,(H,17,18). The van der Waals surface area contributed by atoms with E-state index in [1.807, 2.05) is 18.2 Å². The molecular weight excluding hydrogens is 240 g/mol. The van der Waals surface area contributed by atoms with Gasteiger partial charge in [-0.2, -0.15) is 4.98 Å². The van der Waals surface area contributed by atoms with Gasteiger partial charge >= 0.3 is 0 Å². The summed E-state index contributed by atoms with van der Waals surface area (Å²) in [4.78, 5) is 15.8. The molecular formula is C14H12N4O. The molecule has 19 heavy (non-hydrogen) atoms. The van der Waals surface area contributed by atoms with Crippen LogP contribution < -0.4 is 0 Å². The lowest BCUT2D eigenvalue weighted by atomic mass is 10.1. The van der Waals surface area contributed by atoms with E-state index in [9.17, 15) is 5.11 Å². The van der Waals surface area contributed by atoms with Crippen LogP contribution in [0.15, 0.2) is 23.3 Å². The van der Waals surface area contributed by atoms with Crippen LogP contribution in [0.25, 0.3) is 11.6 Å². The molecule has 2 aliphatic rings. The molecule has 2 aromatic rings. The third-order valence-corrected chi connectivity index (χ3v) is 3.42. The Labute approximate surface area is 109 Å². The smallest absolute Gasteiger partial charge is 0.237 e. The van der Waals surface area contributed by atoms with Crippen LogP contribution in [0, 0.1) is 0 Å². The normalized spacial score (nSPS) is 19.1. The molecule has 0 spiro atoms. The SMILES string of the molecule is Oc1nc(C2CC2)[nH]c1C=C1C=Nc2ncccc21. The fraction of sp³-hybridized carbons (Fsp3) is 0.214. The molecule has 1 aliphatic carbocycles. The number of aromatic amines is 1. The van der Waals surface area contributed by atoms with Crippen molar-refractivity contribution < 1.29 is 5.11 Å². The van der Waals surface area contributed by atoms with Gasteiger partial charge in [0, 0.05) is 29.5 Å². The number of hydrogen-bond acceptors (Lipinski definition) is 4. The summed E-state index contributed by atoms with van der Waals surface area (Å²) in [6, 6.07) is 3.85. The largest absolute Gasteiger partial charge is 0.492 e. The fourth-order valence-corrected chi connectivity index (χ4v) is 2.24. The van der Waals surface area contributed by atoms with Gasteiger partial charge in [0.15, 0.2) is 5.82 Å². The van der Waals surface area contributed by atoms with E-state index in [1.165, 1.54) is 0 Å². The van der Waals surface area contributed by atoms with E-state index in [1.54, 1.807) is 12.4 Å². The molecule has 3 heterocycles. The Morgan fingerprint density at radius 3 is 3.11 bits per heavy atom. The van der Waals surface area contributed by atoms with Crippen LogP contribution >= 0.6 is 0 Å². The minimum Gasteiger partial charge on any atom is -0.492 e. The molecule has 0 unspecified atom stereocenters. The van der Waals surface area contributed by atoms with Crippen molar-refractivity contribution in [3.8, 4) is 5.88 Å². The Morgan fingerprint density at radius 1 is 1.37 bits per heavy atom. The first-order valence-corrected chi connectivity index (χ1v) is 6.31. The summed E-state index contributed by atoms with van der Waals surface area (Å²) in [5, 5.41) is 9.87. The van der Waals surface area contributed by atoms with Crippen molar-refractivity contribution in [3.05, 3.63) is 35.4 Å². The predicted molar refractivity (Wildman–Crippen MR) is 72.5 cm³/mol. The zero-order valence-electron chi connectivity index (χ0n) is 10.2. The Bertz CT molecular complexity index is 710. The first kappa shape index (κ1) is 10.5. The zero-order chi connectivity index (χ0) is 12.8. The summed E-state index contributed by atoms with van der Waals surface area (Å²) >= 11 is 0. The number of nitrogens with one attached hydrogen (secondary N) is 1. The van der Waals surface area contributed by atoms with Gasteiger partial charge in [-0.3, -0.25) is 0 Å².